The van der Waals surface area contributed by atoms with Gasteiger partial charge in [0.15, 0.2) is 0 Å². The summed E-state index contributed by atoms with van der Waals surface area (Å²) in [7, 11) is 0. The van der Waals surface area contributed by atoms with Crippen molar-refractivity contribution < 1.29 is 19.1 Å². The quantitative estimate of drug-likeness (QED) is 0.903. The molecule has 0 unspecified atom stereocenters. The SMILES string of the molecule is C/C(=C\c1ccccc1)[C@@H]1NC(=O)[C@H](C)[C@H](C)[C@H]1C(=O)N1CCOC1=O. The summed E-state index contributed by atoms with van der Waals surface area (Å²) in [6, 6.07) is 9.29. The molecule has 2 heterocycles. The van der Waals surface area contributed by atoms with Crippen LogP contribution in [0.1, 0.15) is 26.3 Å². The van der Waals surface area contributed by atoms with Crippen LogP contribution in [0, 0.1) is 17.8 Å². The maximum Gasteiger partial charge on any atom is 0.416 e. The lowest BCUT2D eigenvalue weighted by Crippen LogP contribution is -2.58. The van der Waals surface area contributed by atoms with Crippen LogP contribution in [0.3, 0.4) is 0 Å². The van der Waals surface area contributed by atoms with Gasteiger partial charge in [-0.05, 0) is 24.0 Å². The van der Waals surface area contributed by atoms with Gasteiger partial charge in [-0.1, -0.05) is 50.3 Å². The largest absolute Gasteiger partial charge is 0.447 e. The van der Waals surface area contributed by atoms with Crippen LogP contribution in [0.4, 0.5) is 4.79 Å². The van der Waals surface area contributed by atoms with Gasteiger partial charge >= 0.3 is 6.09 Å². The molecule has 1 aromatic rings. The molecule has 0 aromatic heterocycles. The number of nitrogens with zero attached hydrogens (tertiary/aromatic N) is 1. The number of hydrogen-bond donors (Lipinski definition) is 1. The van der Waals surface area contributed by atoms with Crippen LogP contribution in [0.2, 0.25) is 0 Å². The van der Waals surface area contributed by atoms with Gasteiger partial charge in [0.1, 0.15) is 6.61 Å². The molecule has 4 atom stereocenters. The maximum atomic E-state index is 13.1. The molecule has 3 amide bonds. The number of cyclic esters (lactones) is 1. The van der Waals surface area contributed by atoms with Crippen LogP contribution < -0.4 is 5.32 Å². The summed E-state index contributed by atoms with van der Waals surface area (Å²) in [6.45, 7) is 6.10. The number of carbonyl (C=O) groups excluding carboxylic acids is 3. The smallest absolute Gasteiger partial charge is 0.416 e. The van der Waals surface area contributed by atoms with Crippen molar-refractivity contribution in [2.45, 2.75) is 26.8 Å². The first-order valence-electron chi connectivity index (χ1n) is 8.92. The number of ether oxygens (including phenoxy) is 1. The summed E-state index contributed by atoms with van der Waals surface area (Å²) in [5.74, 6) is -1.35. The van der Waals surface area contributed by atoms with Crippen molar-refractivity contribution in [3.8, 4) is 0 Å². The van der Waals surface area contributed by atoms with E-state index in [1.807, 2.05) is 57.2 Å². The number of amides is 3. The summed E-state index contributed by atoms with van der Waals surface area (Å²) in [4.78, 5) is 38.5. The van der Waals surface area contributed by atoms with Crippen molar-refractivity contribution >= 4 is 24.0 Å². The van der Waals surface area contributed by atoms with Crippen molar-refractivity contribution in [1.82, 2.24) is 10.2 Å². The summed E-state index contributed by atoms with van der Waals surface area (Å²) in [5, 5.41) is 2.98. The third-order valence-corrected chi connectivity index (χ3v) is 5.42. The van der Waals surface area contributed by atoms with Crippen molar-refractivity contribution in [3.63, 3.8) is 0 Å². The van der Waals surface area contributed by atoms with Gasteiger partial charge in [-0.2, -0.15) is 0 Å². The topological polar surface area (TPSA) is 75.7 Å². The highest BCUT2D eigenvalue weighted by Gasteiger charge is 2.47. The van der Waals surface area contributed by atoms with Crippen LogP contribution in [-0.2, 0) is 14.3 Å². The summed E-state index contributed by atoms with van der Waals surface area (Å²) >= 11 is 0. The Morgan fingerprint density at radius 2 is 1.92 bits per heavy atom. The fraction of sp³-hybridized carbons (Fsp3) is 0.450. The summed E-state index contributed by atoms with van der Waals surface area (Å²) < 4.78 is 4.92. The van der Waals surface area contributed by atoms with Gasteiger partial charge in [0, 0.05) is 5.92 Å². The summed E-state index contributed by atoms with van der Waals surface area (Å²) in [6.07, 6.45) is 1.37. The monoisotopic (exact) mass is 356 g/mol. The fourth-order valence-corrected chi connectivity index (χ4v) is 3.67. The Bertz CT molecular complexity index is 743. The summed E-state index contributed by atoms with van der Waals surface area (Å²) in [5.41, 5.74) is 1.88. The predicted octanol–water partition coefficient (Wildman–Crippen LogP) is 2.46. The standard InChI is InChI=1S/C20H24N2O4/c1-12(11-15-7-5-4-6-8-15)17-16(13(2)14(3)18(23)21-17)19(24)22-9-10-26-20(22)25/h4-8,11,13-14,16-17H,9-10H2,1-3H3,(H,21,23)/b12-11+/t13-,14+,16+,17-/m0/s1. The highest BCUT2D eigenvalue weighted by Crippen LogP contribution is 2.34. The second kappa shape index (κ2) is 7.32. The molecule has 0 aliphatic carbocycles. The second-order valence-electron chi connectivity index (χ2n) is 7.06. The number of rotatable bonds is 3. The molecule has 138 valence electrons. The lowest BCUT2D eigenvalue weighted by molar-refractivity contribution is -0.141. The Morgan fingerprint density at radius 3 is 2.54 bits per heavy atom. The van der Waals surface area contributed by atoms with E-state index in [9.17, 15) is 14.4 Å². The molecule has 6 nitrogen and oxygen atoms in total. The Labute approximate surface area is 153 Å². The molecule has 2 saturated heterocycles. The Hall–Kier alpha value is -2.63. The maximum absolute atomic E-state index is 13.1. The van der Waals surface area contributed by atoms with Gasteiger partial charge in [0.25, 0.3) is 0 Å². The first-order valence-corrected chi connectivity index (χ1v) is 8.92. The van der Waals surface area contributed by atoms with Gasteiger partial charge in [0.05, 0.1) is 18.5 Å². The number of benzene rings is 1. The van der Waals surface area contributed by atoms with E-state index < -0.39 is 18.1 Å². The van der Waals surface area contributed by atoms with E-state index in [1.165, 1.54) is 0 Å². The number of hydrogen-bond acceptors (Lipinski definition) is 4. The van der Waals surface area contributed by atoms with Gasteiger partial charge < -0.3 is 10.1 Å². The molecular formula is C20H24N2O4. The second-order valence-corrected chi connectivity index (χ2v) is 7.06. The number of nitrogens with one attached hydrogen (secondary N) is 1. The van der Waals surface area contributed by atoms with Crippen LogP contribution in [0.5, 0.6) is 0 Å². The van der Waals surface area contributed by atoms with Crippen molar-refractivity contribution in [3.05, 3.63) is 41.5 Å². The molecule has 2 aliphatic heterocycles. The minimum atomic E-state index is -0.602. The van der Waals surface area contributed by atoms with Crippen LogP contribution in [-0.4, -0.2) is 42.0 Å². The number of carbonyl (C=O) groups is 3. The Balaban J connectivity index is 1.93. The third kappa shape index (κ3) is 3.36. The van der Waals surface area contributed by atoms with Crippen molar-refractivity contribution in [2.24, 2.45) is 17.8 Å². The minimum absolute atomic E-state index is 0.0728. The zero-order chi connectivity index (χ0) is 18.8. The van der Waals surface area contributed by atoms with E-state index in [0.29, 0.717) is 0 Å². The van der Waals surface area contributed by atoms with E-state index in [2.05, 4.69) is 5.32 Å². The predicted molar refractivity (Wildman–Crippen MR) is 96.9 cm³/mol. The van der Waals surface area contributed by atoms with E-state index >= 15 is 0 Å². The first-order chi connectivity index (χ1) is 12.4. The highest BCUT2D eigenvalue weighted by atomic mass is 16.6. The number of piperidine rings is 1. The zero-order valence-corrected chi connectivity index (χ0v) is 15.3. The van der Waals surface area contributed by atoms with Gasteiger partial charge in [-0.15, -0.1) is 0 Å². The Kier molecular flexibility index (Phi) is 5.11. The van der Waals surface area contributed by atoms with Crippen molar-refractivity contribution in [2.75, 3.05) is 13.2 Å². The van der Waals surface area contributed by atoms with Gasteiger partial charge in [-0.3, -0.25) is 9.59 Å². The van der Waals surface area contributed by atoms with E-state index in [-0.39, 0.29) is 36.8 Å². The average Bonchev–Trinajstić information content (AvgIpc) is 3.05. The van der Waals surface area contributed by atoms with E-state index in [0.717, 1.165) is 16.0 Å². The Morgan fingerprint density at radius 1 is 1.23 bits per heavy atom. The van der Waals surface area contributed by atoms with Crippen LogP contribution >= 0.6 is 0 Å². The van der Waals surface area contributed by atoms with Gasteiger partial charge in [-0.25, -0.2) is 9.69 Å². The molecule has 0 bridgehead atoms. The molecule has 6 heteroatoms. The first kappa shape index (κ1) is 18.2. The minimum Gasteiger partial charge on any atom is -0.447 e. The molecule has 0 radical (unpaired) electrons. The van der Waals surface area contributed by atoms with Gasteiger partial charge in [0.2, 0.25) is 11.8 Å². The molecule has 2 fully saturated rings. The molecule has 0 spiro atoms. The number of imide groups is 1. The van der Waals surface area contributed by atoms with Crippen LogP contribution in [0.25, 0.3) is 6.08 Å². The van der Waals surface area contributed by atoms with E-state index in [1.54, 1.807) is 0 Å². The molecule has 26 heavy (non-hydrogen) atoms. The normalized spacial score (nSPS) is 29.3. The molecule has 2 aliphatic rings. The van der Waals surface area contributed by atoms with Crippen molar-refractivity contribution in [1.29, 1.82) is 0 Å². The highest BCUT2D eigenvalue weighted by molar-refractivity contribution is 5.96. The molecule has 1 aromatic carbocycles. The molecule has 3 rings (SSSR count). The average molecular weight is 356 g/mol. The lowest BCUT2D eigenvalue weighted by atomic mass is 9.73. The lowest BCUT2D eigenvalue weighted by Gasteiger charge is -2.40. The zero-order valence-electron chi connectivity index (χ0n) is 15.3. The molecular weight excluding hydrogens is 332 g/mol. The fourth-order valence-electron chi connectivity index (χ4n) is 3.67. The molecule has 1 N–H and O–H groups in total. The van der Waals surface area contributed by atoms with E-state index in [4.69, 9.17) is 4.74 Å². The third-order valence-electron chi connectivity index (χ3n) is 5.42. The molecule has 0 saturated carbocycles. The van der Waals surface area contributed by atoms with Crippen LogP contribution in [0.15, 0.2) is 35.9 Å².